The van der Waals surface area contributed by atoms with Crippen LogP contribution in [0.25, 0.3) is 0 Å². The molecule has 2 aliphatic rings. The van der Waals surface area contributed by atoms with Gasteiger partial charge in [-0.15, -0.1) is 0 Å². The maximum atomic E-state index is 6.04. The minimum atomic E-state index is 0.348. The second-order valence-corrected chi connectivity index (χ2v) is 5.80. The van der Waals surface area contributed by atoms with Crippen molar-refractivity contribution in [2.45, 2.75) is 57.8 Å². The molecular weight excluding hydrogens is 202 g/mol. The zero-order valence-corrected chi connectivity index (χ0v) is 10.8. The summed E-state index contributed by atoms with van der Waals surface area (Å²) in [6.45, 7) is 6.34. The molecule has 3 heteroatoms. The van der Waals surface area contributed by atoms with Gasteiger partial charge >= 0.3 is 0 Å². The molecule has 3 unspecified atom stereocenters. The third kappa shape index (κ3) is 2.58. The molecule has 3 atom stereocenters. The fourth-order valence-corrected chi connectivity index (χ4v) is 3.10. The van der Waals surface area contributed by atoms with Crippen molar-refractivity contribution in [2.24, 2.45) is 5.41 Å². The van der Waals surface area contributed by atoms with E-state index in [-0.39, 0.29) is 0 Å². The van der Waals surface area contributed by atoms with Crippen molar-refractivity contribution < 1.29 is 9.47 Å². The highest BCUT2D eigenvalue weighted by atomic mass is 16.5. The second-order valence-electron chi connectivity index (χ2n) is 5.80. The van der Waals surface area contributed by atoms with Crippen LogP contribution in [0.5, 0.6) is 0 Å². The SMILES string of the molecule is CNC1C(OCC2CCCO2)CCC1(C)C. The summed E-state index contributed by atoms with van der Waals surface area (Å²) in [6, 6.07) is 0.480. The average Bonchev–Trinajstić information content (AvgIpc) is 2.82. The molecule has 0 radical (unpaired) electrons. The fourth-order valence-electron chi connectivity index (χ4n) is 3.10. The standard InChI is InChI=1S/C13H25NO2/c1-13(2)7-6-11(12(13)14-3)16-9-10-5-4-8-15-10/h10-12,14H,4-9H2,1-3H3. The smallest absolute Gasteiger partial charge is 0.0809 e. The summed E-state index contributed by atoms with van der Waals surface area (Å²) >= 11 is 0. The lowest BCUT2D eigenvalue weighted by Gasteiger charge is -2.30. The van der Waals surface area contributed by atoms with Gasteiger partial charge in [-0.2, -0.15) is 0 Å². The molecule has 1 heterocycles. The Bertz CT molecular complexity index is 224. The van der Waals surface area contributed by atoms with E-state index in [9.17, 15) is 0 Å². The Labute approximate surface area is 98.9 Å². The van der Waals surface area contributed by atoms with Crippen LogP contribution >= 0.6 is 0 Å². The summed E-state index contributed by atoms with van der Waals surface area (Å²) in [7, 11) is 2.04. The van der Waals surface area contributed by atoms with Crippen LogP contribution < -0.4 is 5.32 Å². The molecule has 0 aromatic heterocycles. The zero-order valence-electron chi connectivity index (χ0n) is 10.8. The molecule has 1 aliphatic heterocycles. The maximum absolute atomic E-state index is 6.04. The number of hydrogen-bond acceptors (Lipinski definition) is 3. The highest BCUT2D eigenvalue weighted by Gasteiger charge is 2.41. The van der Waals surface area contributed by atoms with Gasteiger partial charge in [-0.25, -0.2) is 0 Å². The van der Waals surface area contributed by atoms with E-state index in [0.717, 1.165) is 13.2 Å². The second kappa shape index (κ2) is 5.03. The number of likely N-dealkylation sites (N-methyl/N-ethyl adjacent to an activating group) is 1. The largest absolute Gasteiger partial charge is 0.376 e. The van der Waals surface area contributed by atoms with Crippen molar-refractivity contribution in [1.29, 1.82) is 0 Å². The predicted octanol–water partition coefficient (Wildman–Crippen LogP) is 1.96. The third-order valence-corrected chi connectivity index (χ3v) is 4.12. The van der Waals surface area contributed by atoms with Crippen molar-refractivity contribution in [3.05, 3.63) is 0 Å². The Morgan fingerprint density at radius 1 is 1.38 bits per heavy atom. The summed E-state index contributed by atoms with van der Waals surface area (Å²) in [5.74, 6) is 0. The third-order valence-electron chi connectivity index (χ3n) is 4.12. The first kappa shape index (κ1) is 12.3. The normalized spacial score (nSPS) is 38.1. The topological polar surface area (TPSA) is 30.5 Å². The van der Waals surface area contributed by atoms with Crippen LogP contribution in [-0.2, 0) is 9.47 Å². The van der Waals surface area contributed by atoms with E-state index in [4.69, 9.17) is 9.47 Å². The maximum Gasteiger partial charge on any atom is 0.0809 e. The van der Waals surface area contributed by atoms with E-state index in [2.05, 4.69) is 19.2 Å². The Kier molecular flexibility index (Phi) is 3.88. The predicted molar refractivity (Wildman–Crippen MR) is 64.6 cm³/mol. The van der Waals surface area contributed by atoms with Gasteiger partial charge in [-0.05, 0) is 38.1 Å². The van der Waals surface area contributed by atoms with Gasteiger partial charge in [-0.3, -0.25) is 0 Å². The summed E-state index contributed by atoms with van der Waals surface area (Å²) in [4.78, 5) is 0. The van der Waals surface area contributed by atoms with Gasteiger partial charge in [0.1, 0.15) is 0 Å². The van der Waals surface area contributed by atoms with Crippen LogP contribution in [0.15, 0.2) is 0 Å². The monoisotopic (exact) mass is 227 g/mol. The average molecular weight is 227 g/mol. The van der Waals surface area contributed by atoms with Crippen molar-refractivity contribution in [3.8, 4) is 0 Å². The van der Waals surface area contributed by atoms with Gasteiger partial charge in [0.05, 0.1) is 18.8 Å². The van der Waals surface area contributed by atoms with E-state index in [1.54, 1.807) is 0 Å². The van der Waals surface area contributed by atoms with Crippen molar-refractivity contribution in [2.75, 3.05) is 20.3 Å². The Balaban J connectivity index is 1.80. The van der Waals surface area contributed by atoms with E-state index in [0.29, 0.717) is 23.7 Å². The number of nitrogens with one attached hydrogen (secondary N) is 1. The first-order chi connectivity index (χ1) is 7.63. The van der Waals surface area contributed by atoms with Gasteiger partial charge in [0.15, 0.2) is 0 Å². The summed E-state index contributed by atoms with van der Waals surface area (Å²) in [6.07, 6.45) is 5.49. The molecule has 16 heavy (non-hydrogen) atoms. The molecule has 1 aliphatic carbocycles. The quantitative estimate of drug-likeness (QED) is 0.796. The van der Waals surface area contributed by atoms with Crippen molar-refractivity contribution >= 4 is 0 Å². The minimum absolute atomic E-state index is 0.348. The lowest BCUT2D eigenvalue weighted by atomic mass is 9.87. The van der Waals surface area contributed by atoms with E-state index < -0.39 is 0 Å². The molecule has 94 valence electrons. The van der Waals surface area contributed by atoms with Crippen LogP contribution in [0.1, 0.15) is 39.5 Å². The van der Waals surface area contributed by atoms with Gasteiger partial charge in [0, 0.05) is 12.6 Å². The van der Waals surface area contributed by atoms with Crippen LogP contribution in [-0.4, -0.2) is 38.5 Å². The molecule has 1 saturated heterocycles. The Morgan fingerprint density at radius 2 is 2.19 bits per heavy atom. The number of hydrogen-bond donors (Lipinski definition) is 1. The molecule has 1 N–H and O–H groups in total. The highest BCUT2D eigenvalue weighted by Crippen LogP contribution is 2.39. The van der Waals surface area contributed by atoms with Crippen LogP contribution in [0, 0.1) is 5.41 Å². The summed E-state index contributed by atoms with van der Waals surface area (Å²) in [5, 5.41) is 3.41. The van der Waals surface area contributed by atoms with Crippen LogP contribution in [0.2, 0.25) is 0 Å². The molecule has 0 spiro atoms. The molecular formula is C13H25NO2. The van der Waals surface area contributed by atoms with Crippen LogP contribution in [0.3, 0.4) is 0 Å². The molecule has 2 rings (SSSR count). The lowest BCUT2D eigenvalue weighted by Crippen LogP contribution is -2.44. The minimum Gasteiger partial charge on any atom is -0.376 e. The molecule has 0 aromatic carbocycles. The molecule has 0 aromatic rings. The fraction of sp³-hybridized carbons (Fsp3) is 1.00. The molecule has 0 bridgehead atoms. The van der Waals surface area contributed by atoms with Crippen molar-refractivity contribution in [3.63, 3.8) is 0 Å². The van der Waals surface area contributed by atoms with Gasteiger partial charge in [0.2, 0.25) is 0 Å². The summed E-state index contributed by atoms with van der Waals surface area (Å²) in [5.41, 5.74) is 0.357. The van der Waals surface area contributed by atoms with E-state index >= 15 is 0 Å². The van der Waals surface area contributed by atoms with Crippen molar-refractivity contribution in [1.82, 2.24) is 5.32 Å². The first-order valence-corrected chi connectivity index (χ1v) is 6.54. The van der Waals surface area contributed by atoms with E-state index in [1.807, 2.05) is 7.05 Å². The molecule has 3 nitrogen and oxygen atoms in total. The summed E-state index contributed by atoms with van der Waals surface area (Å²) < 4.78 is 11.6. The zero-order chi connectivity index (χ0) is 11.6. The first-order valence-electron chi connectivity index (χ1n) is 6.54. The van der Waals surface area contributed by atoms with Gasteiger partial charge in [-0.1, -0.05) is 13.8 Å². The molecule has 1 saturated carbocycles. The highest BCUT2D eigenvalue weighted by molar-refractivity contribution is 4.96. The van der Waals surface area contributed by atoms with Gasteiger partial charge in [0.25, 0.3) is 0 Å². The Morgan fingerprint density at radius 3 is 2.81 bits per heavy atom. The number of ether oxygens (including phenoxy) is 2. The van der Waals surface area contributed by atoms with Crippen LogP contribution in [0.4, 0.5) is 0 Å². The lowest BCUT2D eigenvalue weighted by molar-refractivity contribution is -0.0314. The number of rotatable bonds is 4. The van der Waals surface area contributed by atoms with Gasteiger partial charge < -0.3 is 14.8 Å². The Hall–Kier alpha value is -0.120. The van der Waals surface area contributed by atoms with E-state index in [1.165, 1.54) is 25.7 Å². The molecule has 2 fully saturated rings. The molecule has 0 amide bonds.